The van der Waals surface area contributed by atoms with E-state index < -0.39 is 10.0 Å². The molecular formula is C21H23N5O3S. The van der Waals surface area contributed by atoms with E-state index in [4.69, 9.17) is 0 Å². The van der Waals surface area contributed by atoms with Crippen molar-refractivity contribution in [1.82, 2.24) is 24.0 Å². The Labute approximate surface area is 175 Å². The molecule has 0 N–H and O–H groups in total. The van der Waals surface area contributed by atoms with Gasteiger partial charge in [-0.3, -0.25) is 9.78 Å². The van der Waals surface area contributed by atoms with Crippen LogP contribution in [0.4, 0.5) is 0 Å². The van der Waals surface area contributed by atoms with E-state index >= 15 is 0 Å². The maximum absolute atomic E-state index is 13.4. The fraction of sp³-hybridized carbons (Fsp3) is 0.286. The van der Waals surface area contributed by atoms with Crippen molar-refractivity contribution in [3.05, 3.63) is 66.6 Å². The number of nitrogens with zero attached hydrogens (tertiary/aromatic N) is 5. The third-order valence-electron chi connectivity index (χ3n) is 5.11. The van der Waals surface area contributed by atoms with Crippen LogP contribution in [0.15, 0.2) is 61.1 Å². The Morgan fingerprint density at radius 1 is 1.00 bits per heavy atom. The number of benzene rings is 1. The van der Waals surface area contributed by atoms with Crippen molar-refractivity contribution in [3.63, 3.8) is 0 Å². The molecule has 156 valence electrons. The summed E-state index contributed by atoms with van der Waals surface area (Å²) in [6, 6.07) is 13.3. The molecule has 8 nitrogen and oxygen atoms in total. The van der Waals surface area contributed by atoms with Gasteiger partial charge in [-0.05, 0) is 30.7 Å². The first-order chi connectivity index (χ1) is 14.4. The number of carbonyl (C=O) groups is 1. The highest BCUT2D eigenvalue weighted by Gasteiger charge is 2.27. The number of rotatable bonds is 4. The number of carbonyl (C=O) groups excluding carboxylic acids is 1. The molecule has 1 fully saturated rings. The van der Waals surface area contributed by atoms with Crippen LogP contribution in [0.5, 0.6) is 0 Å². The lowest BCUT2D eigenvalue weighted by Gasteiger charge is -2.21. The molecule has 2 aromatic heterocycles. The maximum atomic E-state index is 13.4. The number of para-hydroxylation sites is 1. The van der Waals surface area contributed by atoms with Crippen molar-refractivity contribution >= 4 is 15.9 Å². The molecule has 4 rings (SSSR count). The van der Waals surface area contributed by atoms with Crippen LogP contribution in [0.3, 0.4) is 0 Å². The van der Waals surface area contributed by atoms with Gasteiger partial charge in [0.15, 0.2) is 0 Å². The van der Waals surface area contributed by atoms with Gasteiger partial charge in [-0.1, -0.05) is 18.2 Å². The van der Waals surface area contributed by atoms with Gasteiger partial charge in [-0.2, -0.15) is 5.10 Å². The van der Waals surface area contributed by atoms with Crippen LogP contribution in [0.1, 0.15) is 16.8 Å². The molecule has 3 heterocycles. The van der Waals surface area contributed by atoms with Gasteiger partial charge in [0.05, 0.1) is 17.5 Å². The van der Waals surface area contributed by atoms with Crippen LogP contribution >= 0.6 is 0 Å². The van der Waals surface area contributed by atoms with Gasteiger partial charge < -0.3 is 4.90 Å². The van der Waals surface area contributed by atoms with Crippen LogP contribution in [0.25, 0.3) is 16.9 Å². The van der Waals surface area contributed by atoms with Crippen LogP contribution in [0.2, 0.25) is 0 Å². The highest BCUT2D eigenvalue weighted by Crippen LogP contribution is 2.25. The minimum Gasteiger partial charge on any atom is -0.337 e. The quantitative estimate of drug-likeness (QED) is 0.638. The molecule has 1 aliphatic heterocycles. The van der Waals surface area contributed by atoms with Gasteiger partial charge in [0, 0.05) is 50.3 Å². The highest BCUT2D eigenvalue weighted by molar-refractivity contribution is 7.88. The van der Waals surface area contributed by atoms with E-state index in [0.717, 1.165) is 11.3 Å². The fourth-order valence-electron chi connectivity index (χ4n) is 3.56. The van der Waals surface area contributed by atoms with Gasteiger partial charge in [-0.15, -0.1) is 0 Å². The molecule has 3 aromatic rings. The summed E-state index contributed by atoms with van der Waals surface area (Å²) < 4.78 is 26.9. The van der Waals surface area contributed by atoms with Gasteiger partial charge in [-0.25, -0.2) is 17.4 Å². The van der Waals surface area contributed by atoms with E-state index in [2.05, 4.69) is 10.1 Å². The highest BCUT2D eigenvalue weighted by atomic mass is 32.2. The van der Waals surface area contributed by atoms with Gasteiger partial charge in [0.2, 0.25) is 10.0 Å². The summed E-state index contributed by atoms with van der Waals surface area (Å²) in [7, 11) is -3.28. The first kappa shape index (κ1) is 20.2. The number of sulfonamides is 1. The average molecular weight is 426 g/mol. The number of pyridine rings is 1. The molecule has 0 saturated carbocycles. The Kier molecular flexibility index (Phi) is 5.65. The Morgan fingerprint density at radius 3 is 2.50 bits per heavy atom. The Hall–Kier alpha value is -3.04. The molecule has 1 amide bonds. The molecule has 0 radical (unpaired) electrons. The van der Waals surface area contributed by atoms with Crippen LogP contribution in [-0.2, 0) is 10.0 Å². The molecule has 1 aliphatic rings. The summed E-state index contributed by atoms with van der Waals surface area (Å²) >= 11 is 0. The number of hydrogen-bond donors (Lipinski definition) is 0. The van der Waals surface area contributed by atoms with Crippen molar-refractivity contribution in [1.29, 1.82) is 0 Å². The second-order valence-electron chi connectivity index (χ2n) is 7.22. The zero-order valence-electron chi connectivity index (χ0n) is 16.7. The van der Waals surface area contributed by atoms with Crippen molar-refractivity contribution < 1.29 is 13.2 Å². The normalized spacial score (nSPS) is 15.7. The maximum Gasteiger partial charge on any atom is 0.257 e. The predicted octanol–water partition coefficient (Wildman–Crippen LogP) is 2.04. The van der Waals surface area contributed by atoms with E-state index in [1.165, 1.54) is 10.6 Å². The largest absolute Gasteiger partial charge is 0.337 e. The number of aromatic nitrogens is 3. The van der Waals surface area contributed by atoms with E-state index in [1.807, 2.05) is 36.4 Å². The summed E-state index contributed by atoms with van der Waals surface area (Å²) in [6.45, 7) is 1.55. The minimum absolute atomic E-state index is 0.161. The molecule has 0 bridgehead atoms. The number of amides is 1. The van der Waals surface area contributed by atoms with Crippen molar-refractivity contribution in [2.24, 2.45) is 0 Å². The molecule has 0 spiro atoms. The van der Waals surface area contributed by atoms with E-state index in [9.17, 15) is 13.2 Å². The Balaban J connectivity index is 1.69. The van der Waals surface area contributed by atoms with Crippen molar-refractivity contribution in [2.75, 3.05) is 32.4 Å². The molecular weight excluding hydrogens is 402 g/mol. The van der Waals surface area contributed by atoms with Crippen LogP contribution in [-0.4, -0.2) is 70.7 Å². The van der Waals surface area contributed by atoms with Gasteiger partial charge in [0.25, 0.3) is 5.91 Å². The van der Waals surface area contributed by atoms with E-state index in [-0.39, 0.29) is 5.91 Å². The van der Waals surface area contributed by atoms with Gasteiger partial charge in [0.1, 0.15) is 5.69 Å². The van der Waals surface area contributed by atoms with Crippen LogP contribution in [0, 0.1) is 0 Å². The lowest BCUT2D eigenvalue weighted by atomic mass is 10.1. The van der Waals surface area contributed by atoms with E-state index in [1.54, 1.807) is 34.2 Å². The SMILES string of the molecule is CS(=O)(=O)N1CCCN(C(=O)c2cn(-c3ccccc3)nc2-c2cccnc2)CC1. The first-order valence-corrected chi connectivity index (χ1v) is 11.6. The summed E-state index contributed by atoms with van der Waals surface area (Å²) in [5.74, 6) is -0.161. The molecule has 1 saturated heterocycles. The summed E-state index contributed by atoms with van der Waals surface area (Å²) in [5, 5.41) is 4.67. The topological polar surface area (TPSA) is 88.4 Å². The first-order valence-electron chi connectivity index (χ1n) is 9.73. The molecule has 30 heavy (non-hydrogen) atoms. The second kappa shape index (κ2) is 8.37. The predicted molar refractivity (Wildman–Crippen MR) is 114 cm³/mol. The third kappa shape index (κ3) is 4.27. The monoisotopic (exact) mass is 425 g/mol. The van der Waals surface area contributed by atoms with Crippen LogP contribution < -0.4 is 0 Å². The zero-order chi connectivity index (χ0) is 21.1. The molecule has 0 atom stereocenters. The molecule has 1 aromatic carbocycles. The summed E-state index contributed by atoms with van der Waals surface area (Å²) in [6.07, 6.45) is 6.89. The average Bonchev–Trinajstić information content (AvgIpc) is 3.04. The Morgan fingerprint density at radius 2 is 1.80 bits per heavy atom. The fourth-order valence-corrected chi connectivity index (χ4v) is 4.43. The van der Waals surface area contributed by atoms with Crippen molar-refractivity contribution in [3.8, 4) is 16.9 Å². The molecule has 0 aliphatic carbocycles. The molecule has 0 unspecified atom stereocenters. The zero-order valence-corrected chi connectivity index (χ0v) is 17.5. The molecule has 9 heteroatoms. The second-order valence-corrected chi connectivity index (χ2v) is 9.20. The smallest absolute Gasteiger partial charge is 0.257 e. The summed E-state index contributed by atoms with van der Waals surface area (Å²) in [4.78, 5) is 19.3. The van der Waals surface area contributed by atoms with E-state index in [0.29, 0.717) is 43.9 Å². The Bertz CT molecular complexity index is 1130. The lowest BCUT2D eigenvalue weighted by Crippen LogP contribution is -2.37. The number of hydrogen-bond acceptors (Lipinski definition) is 5. The van der Waals surface area contributed by atoms with Crippen molar-refractivity contribution in [2.45, 2.75) is 6.42 Å². The van der Waals surface area contributed by atoms with Gasteiger partial charge >= 0.3 is 0 Å². The standard InChI is InChI=1S/C21H23N5O3S/c1-30(28,29)25-12-6-11-24(13-14-25)21(27)19-16-26(18-8-3-2-4-9-18)23-20(19)17-7-5-10-22-15-17/h2-5,7-10,15-16H,6,11-14H2,1H3. The summed E-state index contributed by atoms with van der Waals surface area (Å²) in [5.41, 5.74) is 2.63. The third-order valence-corrected chi connectivity index (χ3v) is 6.41. The minimum atomic E-state index is -3.28. The lowest BCUT2D eigenvalue weighted by molar-refractivity contribution is 0.0765.